The zero-order valence-corrected chi connectivity index (χ0v) is 10.6. The number of nitrogens with zero attached hydrogens (tertiary/aromatic N) is 1. The van der Waals surface area contributed by atoms with E-state index in [0.717, 1.165) is 0 Å². The summed E-state index contributed by atoms with van der Waals surface area (Å²) in [6, 6.07) is 11.8. The molecule has 4 nitrogen and oxygen atoms in total. The van der Waals surface area contributed by atoms with Gasteiger partial charge in [-0.2, -0.15) is 0 Å². The first-order valence-electron chi connectivity index (χ1n) is 5.98. The molecule has 0 aliphatic rings. The van der Waals surface area contributed by atoms with E-state index in [1.165, 1.54) is 18.3 Å². The maximum atomic E-state index is 9.66. The van der Waals surface area contributed by atoms with Crippen LogP contribution in [-0.4, -0.2) is 23.0 Å². The van der Waals surface area contributed by atoms with Crippen molar-refractivity contribution in [2.45, 2.75) is 6.92 Å². The Morgan fingerprint density at radius 3 is 2.68 bits per heavy atom. The molecule has 98 valence electrons. The number of para-hydroxylation sites is 2. The van der Waals surface area contributed by atoms with Crippen LogP contribution in [0.15, 0.2) is 47.5 Å². The van der Waals surface area contributed by atoms with Gasteiger partial charge >= 0.3 is 0 Å². The van der Waals surface area contributed by atoms with Gasteiger partial charge in [0.2, 0.25) is 0 Å². The van der Waals surface area contributed by atoms with Crippen molar-refractivity contribution in [3.63, 3.8) is 0 Å². The summed E-state index contributed by atoms with van der Waals surface area (Å²) in [6.07, 6.45) is 1.53. The van der Waals surface area contributed by atoms with E-state index < -0.39 is 0 Å². The zero-order valence-electron chi connectivity index (χ0n) is 10.6. The molecule has 0 fully saturated rings. The van der Waals surface area contributed by atoms with Gasteiger partial charge in [-0.3, -0.25) is 4.99 Å². The smallest absolute Gasteiger partial charge is 0.144 e. The monoisotopic (exact) mass is 257 g/mol. The first-order valence-corrected chi connectivity index (χ1v) is 5.98. The van der Waals surface area contributed by atoms with Crippen molar-refractivity contribution in [1.29, 1.82) is 0 Å². The lowest BCUT2D eigenvalue weighted by Gasteiger charge is -2.05. The van der Waals surface area contributed by atoms with E-state index in [0.29, 0.717) is 23.6 Å². The molecule has 0 unspecified atom stereocenters. The van der Waals surface area contributed by atoms with Gasteiger partial charge in [0, 0.05) is 17.8 Å². The summed E-state index contributed by atoms with van der Waals surface area (Å²) in [5.74, 6) is 0.696. The fourth-order valence-corrected chi connectivity index (χ4v) is 1.62. The summed E-state index contributed by atoms with van der Waals surface area (Å²) in [7, 11) is 0. The SMILES string of the molecule is CCOc1ccccc1N=Cc1ccc(O)cc1O. The predicted molar refractivity (Wildman–Crippen MR) is 74.6 cm³/mol. The fraction of sp³-hybridized carbons (Fsp3) is 0.133. The van der Waals surface area contributed by atoms with Crippen LogP contribution in [0.1, 0.15) is 12.5 Å². The van der Waals surface area contributed by atoms with E-state index in [1.54, 1.807) is 6.07 Å². The highest BCUT2D eigenvalue weighted by atomic mass is 16.5. The minimum absolute atomic E-state index is 0.0161. The number of hydrogen-bond donors (Lipinski definition) is 2. The molecule has 0 amide bonds. The second kappa shape index (κ2) is 5.91. The van der Waals surface area contributed by atoms with Crippen LogP contribution < -0.4 is 4.74 Å². The van der Waals surface area contributed by atoms with Crippen molar-refractivity contribution in [3.05, 3.63) is 48.0 Å². The summed E-state index contributed by atoms with van der Waals surface area (Å²) < 4.78 is 5.46. The summed E-state index contributed by atoms with van der Waals surface area (Å²) in [5, 5.41) is 18.9. The fourth-order valence-electron chi connectivity index (χ4n) is 1.62. The van der Waals surface area contributed by atoms with Crippen LogP contribution in [0.5, 0.6) is 17.2 Å². The van der Waals surface area contributed by atoms with Crippen molar-refractivity contribution >= 4 is 11.9 Å². The number of aromatic hydroxyl groups is 2. The highest BCUT2D eigenvalue weighted by molar-refractivity contribution is 5.86. The van der Waals surface area contributed by atoms with Crippen molar-refractivity contribution in [2.75, 3.05) is 6.61 Å². The Hall–Kier alpha value is -2.49. The molecule has 4 heteroatoms. The lowest BCUT2D eigenvalue weighted by atomic mass is 10.2. The van der Waals surface area contributed by atoms with Crippen LogP contribution >= 0.6 is 0 Å². The third-order valence-corrected chi connectivity index (χ3v) is 2.52. The van der Waals surface area contributed by atoms with E-state index >= 15 is 0 Å². The zero-order chi connectivity index (χ0) is 13.7. The number of phenols is 2. The molecule has 0 aliphatic heterocycles. The second-order valence-corrected chi connectivity index (χ2v) is 3.90. The van der Waals surface area contributed by atoms with Crippen LogP contribution in [0.3, 0.4) is 0 Å². The maximum absolute atomic E-state index is 9.66. The normalized spacial score (nSPS) is 10.8. The van der Waals surface area contributed by atoms with Gasteiger partial charge in [-0.25, -0.2) is 0 Å². The number of rotatable bonds is 4. The van der Waals surface area contributed by atoms with Gasteiger partial charge in [0.1, 0.15) is 22.9 Å². The molecule has 19 heavy (non-hydrogen) atoms. The lowest BCUT2D eigenvalue weighted by molar-refractivity contribution is 0.341. The topological polar surface area (TPSA) is 62.0 Å². The van der Waals surface area contributed by atoms with Gasteiger partial charge in [-0.15, -0.1) is 0 Å². The molecular weight excluding hydrogens is 242 g/mol. The van der Waals surface area contributed by atoms with E-state index in [4.69, 9.17) is 4.74 Å². The van der Waals surface area contributed by atoms with Gasteiger partial charge in [0.05, 0.1) is 6.61 Å². The standard InChI is InChI=1S/C15H15NO3/c1-2-19-15-6-4-3-5-13(15)16-10-11-7-8-12(17)9-14(11)18/h3-10,17-18H,2H2,1H3. The van der Waals surface area contributed by atoms with Gasteiger partial charge in [0.15, 0.2) is 0 Å². The lowest BCUT2D eigenvalue weighted by Crippen LogP contribution is -1.91. The summed E-state index contributed by atoms with van der Waals surface area (Å²) in [5.41, 5.74) is 1.22. The van der Waals surface area contributed by atoms with Crippen molar-refractivity contribution < 1.29 is 14.9 Å². The highest BCUT2D eigenvalue weighted by Gasteiger charge is 2.02. The quantitative estimate of drug-likeness (QED) is 0.826. The number of hydrogen-bond acceptors (Lipinski definition) is 4. The Balaban J connectivity index is 2.27. The second-order valence-electron chi connectivity index (χ2n) is 3.90. The Kier molecular flexibility index (Phi) is 4.03. The minimum atomic E-state index is -0.0161. The molecule has 0 radical (unpaired) electrons. The van der Waals surface area contributed by atoms with Crippen LogP contribution in [0.4, 0.5) is 5.69 Å². The average molecular weight is 257 g/mol. The summed E-state index contributed by atoms with van der Waals surface area (Å²) >= 11 is 0. The molecule has 0 saturated heterocycles. The predicted octanol–water partition coefficient (Wildman–Crippen LogP) is 3.25. The first kappa shape index (κ1) is 13.0. The molecule has 2 aromatic carbocycles. The molecule has 2 rings (SSSR count). The van der Waals surface area contributed by atoms with Crippen LogP contribution in [0, 0.1) is 0 Å². The molecule has 0 spiro atoms. The van der Waals surface area contributed by atoms with E-state index in [2.05, 4.69) is 4.99 Å². The molecule has 0 bridgehead atoms. The van der Waals surface area contributed by atoms with Gasteiger partial charge in [-0.05, 0) is 31.2 Å². The number of aliphatic imine (C=N–C) groups is 1. The molecule has 0 saturated carbocycles. The number of benzene rings is 2. The van der Waals surface area contributed by atoms with Crippen molar-refractivity contribution in [1.82, 2.24) is 0 Å². The summed E-state index contributed by atoms with van der Waals surface area (Å²) in [6.45, 7) is 2.48. The highest BCUT2D eigenvalue weighted by Crippen LogP contribution is 2.27. The molecule has 2 N–H and O–H groups in total. The van der Waals surface area contributed by atoms with Crippen molar-refractivity contribution in [2.24, 2.45) is 4.99 Å². The third-order valence-electron chi connectivity index (χ3n) is 2.52. The van der Waals surface area contributed by atoms with Crippen LogP contribution in [0.25, 0.3) is 0 Å². The van der Waals surface area contributed by atoms with Crippen LogP contribution in [0.2, 0.25) is 0 Å². The van der Waals surface area contributed by atoms with Gasteiger partial charge in [0.25, 0.3) is 0 Å². The Morgan fingerprint density at radius 1 is 1.16 bits per heavy atom. The maximum Gasteiger partial charge on any atom is 0.144 e. The summed E-state index contributed by atoms with van der Waals surface area (Å²) in [4.78, 5) is 4.29. The van der Waals surface area contributed by atoms with Crippen LogP contribution in [-0.2, 0) is 0 Å². The molecule has 0 aromatic heterocycles. The minimum Gasteiger partial charge on any atom is -0.508 e. The van der Waals surface area contributed by atoms with E-state index in [-0.39, 0.29) is 11.5 Å². The average Bonchev–Trinajstić information content (AvgIpc) is 2.40. The molecular formula is C15H15NO3. The molecule has 0 heterocycles. The van der Waals surface area contributed by atoms with Gasteiger partial charge < -0.3 is 14.9 Å². The molecule has 2 aromatic rings. The third kappa shape index (κ3) is 3.25. The number of phenolic OH excluding ortho intramolecular Hbond substituents is 2. The first-order chi connectivity index (χ1) is 9.20. The van der Waals surface area contributed by atoms with Crippen molar-refractivity contribution in [3.8, 4) is 17.2 Å². The Labute approximate surface area is 111 Å². The number of ether oxygens (including phenoxy) is 1. The Bertz CT molecular complexity index is 594. The van der Waals surface area contributed by atoms with E-state index in [9.17, 15) is 10.2 Å². The van der Waals surface area contributed by atoms with E-state index in [1.807, 2.05) is 31.2 Å². The molecule has 0 aliphatic carbocycles. The molecule has 0 atom stereocenters. The largest absolute Gasteiger partial charge is 0.508 e. The Morgan fingerprint density at radius 2 is 1.95 bits per heavy atom. The van der Waals surface area contributed by atoms with Gasteiger partial charge in [-0.1, -0.05) is 12.1 Å².